The smallest absolute Gasteiger partial charge is 0.396 e. The van der Waals surface area contributed by atoms with Gasteiger partial charge < -0.3 is 10.4 Å². The molecule has 192 valence electrons. The summed E-state index contributed by atoms with van der Waals surface area (Å²) in [5.74, 6) is -0.574. The lowest BCUT2D eigenvalue weighted by atomic mass is 9.87. The van der Waals surface area contributed by atoms with Gasteiger partial charge in [-0.1, -0.05) is 55.5 Å². The highest BCUT2D eigenvalue weighted by atomic mass is 19.4. The highest BCUT2D eigenvalue weighted by Crippen LogP contribution is 2.45. The number of nitrogens with one attached hydrogen (secondary N) is 1. The largest absolute Gasteiger partial charge is 0.416 e. The Hall–Kier alpha value is -3.78. The van der Waals surface area contributed by atoms with Gasteiger partial charge in [0.1, 0.15) is 0 Å². The summed E-state index contributed by atoms with van der Waals surface area (Å²) in [6.07, 6.45) is -3.16. The molecule has 0 bridgehead atoms. The van der Waals surface area contributed by atoms with Crippen molar-refractivity contribution in [3.63, 3.8) is 0 Å². The number of amides is 1. The zero-order chi connectivity index (χ0) is 26.8. The number of halogens is 3. The minimum Gasteiger partial charge on any atom is -0.396 e. The number of alkyl halides is 3. The number of aliphatic imine (C=N–C) groups is 2. The maximum atomic E-state index is 14.1. The fraction of sp³-hybridized carbons (Fsp3) is 0.276. The van der Waals surface area contributed by atoms with Gasteiger partial charge in [0.15, 0.2) is 0 Å². The average Bonchev–Trinajstić information content (AvgIpc) is 3.34. The maximum absolute atomic E-state index is 14.1. The van der Waals surface area contributed by atoms with E-state index in [0.717, 1.165) is 17.2 Å². The number of hydrogen-bond acceptors (Lipinski definition) is 4. The normalized spacial score (nSPS) is 18.1. The van der Waals surface area contributed by atoms with Gasteiger partial charge in [-0.15, -0.1) is 0 Å². The molecule has 2 atom stereocenters. The lowest BCUT2D eigenvalue weighted by Crippen LogP contribution is -2.29. The molecule has 1 aliphatic heterocycles. The molecule has 2 N–H and O–H groups in total. The van der Waals surface area contributed by atoms with Crippen molar-refractivity contribution >= 4 is 17.8 Å². The first kappa shape index (κ1) is 26.3. The third kappa shape index (κ3) is 5.34. The Balaban J connectivity index is 1.83. The van der Waals surface area contributed by atoms with Crippen molar-refractivity contribution in [2.45, 2.75) is 38.7 Å². The van der Waals surface area contributed by atoms with Crippen molar-refractivity contribution < 1.29 is 23.1 Å². The Labute approximate surface area is 213 Å². The van der Waals surface area contributed by atoms with Crippen LogP contribution in [0.25, 0.3) is 11.1 Å². The predicted molar refractivity (Wildman–Crippen MR) is 139 cm³/mol. The second-order valence-electron chi connectivity index (χ2n) is 9.38. The number of aliphatic hydroxyl groups is 1. The van der Waals surface area contributed by atoms with E-state index in [4.69, 9.17) is 0 Å². The molecule has 4 rings (SSSR count). The summed E-state index contributed by atoms with van der Waals surface area (Å²) in [6, 6.07) is 19.4. The Morgan fingerprint density at radius 2 is 1.68 bits per heavy atom. The molecule has 0 spiro atoms. The van der Waals surface area contributed by atoms with Crippen molar-refractivity contribution in [1.82, 2.24) is 5.32 Å². The first-order valence-corrected chi connectivity index (χ1v) is 12.0. The SMILES string of the molecule is CC(C)NC(=O)c1ccc(-c2cccc(C3(c4ccccc4C(F)(F)F)N=CC(C(C)CO)=N3)c2)cc1. The van der Waals surface area contributed by atoms with Crippen molar-refractivity contribution in [2.75, 3.05) is 6.61 Å². The average molecular weight is 508 g/mol. The van der Waals surface area contributed by atoms with Gasteiger partial charge in [-0.25, -0.2) is 4.99 Å². The van der Waals surface area contributed by atoms with E-state index >= 15 is 0 Å². The van der Waals surface area contributed by atoms with Crippen LogP contribution in [-0.4, -0.2) is 35.6 Å². The fourth-order valence-electron chi connectivity index (χ4n) is 4.27. The predicted octanol–water partition coefficient (Wildman–Crippen LogP) is 5.87. The Morgan fingerprint density at radius 1 is 0.973 bits per heavy atom. The van der Waals surface area contributed by atoms with Crippen LogP contribution in [0.3, 0.4) is 0 Å². The number of hydrogen-bond donors (Lipinski definition) is 2. The Morgan fingerprint density at radius 3 is 2.32 bits per heavy atom. The molecule has 3 aromatic rings. The van der Waals surface area contributed by atoms with Gasteiger partial charge in [0.2, 0.25) is 5.66 Å². The van der Waals surface area contributed by atoms with Crippen LogP contribution in [0.15, 0.2) is 82.8 Å². The van der Waals surface area contributed by atoms with Crippen LogP contribution < -0.4 is 5.32 Å². The summed E-state index contributed by atoms with van der Waals surface area (Å²) in [5, 5.41) is 12.5. The van der Waals surface area contributed by atoms with Gasteiger partial charge in [0, 0.05) is 34.9 Å². The molecule has 2 unspecified atom stereocenters. The molecular formula is C29H28F3N3O2. The van der Waals surface area contributed by atoms with Crippen molar-refractivity contribution in [1.29, 1.82) is 0 Å². The minimum atomic E-state index is -4.61. The first-order chi connectivity index (χ1) is 17.5. The highest BCUT2D eigenvalue weighted by molar-refractivity contribution is 6.33. The molecule has 3 aromatic carbocycles. The number of carbonyl (C=O) groups excluding carboxylic acids is 1. The van der Waals surface area contributed by atoms with Crippen LogP contribution in [0.1, 0.15) is 47.8 Å². The Bertz CT molecular complexity index is 1350. The number of benzene rings is 3. The van der Waals surface area contributed by atoms with Crippen molar-refractivity contribution in [2.24, 2.45) is 15.9 Å². The van der Waals surface area contributed by atoms with E-state index in [1.807, 2.05) is 19.9 Å². The van der Waals surface area contributed by atoms with Gasteiger partial charge in [0.25, 0.3) is 5.91 Å². The van der Waals surface area contributed by atoms with E-state index in [9.17, 15) is 23.1 Å². The van der Waals surface area contributed by atoms with Gasteiger partial charge in [-0.2, -0.15) is 13.2 Å². The van der Waals surface area contributed by atoms with Crippen LogP contribution in [-0.2, 0) is 11.8 Å². The zero-order valence-corrected chi connectivity index (χ0v) is 20.8. The summed E-state index contributed by atoms with van der Waals surface area (Å²) in [6.45, 7) is 5.29. The monoisotopic (exact) mass is 507 g/mol. The van der Waals surface area contributed by atoms with Crippen LogP contribution in [0.5, 0.6) is 0 Å². The summed E-state index contributed by atoms with van der Waals surface area (Å²) in [5.41, 5.74) is 0.361. The van der Waals surface area contributed by atoms with Gasteiger partial charge in [-0.3, -0.25) is 9.79 Å². The summed E-state index contributed by atoms with van der Waals surface area (Å²) in [4.78, 5) is 21.5. The number of carbonyl (C=O) groups is 1. The molecule has 1 aliphatic rings. The van der Waals surface area contributed by atoms with Crippen molar-refractivity contribution in [3.8, 4) is 11.1 Å². The Kier molecular flexibility index (Phi) is 7.32. The van der Waals surface area contributed by atoms with Crippen molar-refractivity contribution in [3.05, 3.63) is 95.1 Å². The van der Waals surface area contributed by atoms with Gasteiger partial charge in [0.05, 0.1) is 17.9 Å². The third-order valence-electron chi connectivity index (χ3n) is 6.23. The molecule has 5 nitrogen and oxygen atoms in total. The van der Waals surface area contributed by atoms with Crippen LogP contribution in [0.4, 0.5) is 13.2 Å². The van der Waals surface area contributed by atoms with Gasteiger partial charge >= 0.3 is 6.18 Å². The molecule has 0 radical (unpaired) electrons. The highest BCUT2D eigenvalue weighted by Gasteiger charge is 2.44. The van der Waals surface area contributed by atoms with Crippen LogP contribution >= 0.6 is 0 Å². The molecular weight excluding hydrogens is 479 g/mol. The third-order valence-corrected chi connectivity index (χ3v) is 6.23. The van der Waals surface area contributed by atoms with E-state index in [2.05, 4.69) is 15.3 Å². The summed E-state index contributed by atoms with van der Waals surface area (Å²) < 4.78 is 42.2. The zero-order valence-electron chi connectivity index (χ0n) is 20.8. The molecule has 1 heterocycles. The summed E-state index contributed by atoms with van der Waals surface area (Å²) >= 11 is 0. The number of aliphatic hydroxyl groups excluding tert-OH is 1. The maximum Gasteiger partial charge on any atom is 0.416 e. The quantitative estimate of drug-likeness (QED) is 0.420. The number of rotatable bonds is 7. The van der Waals surface area contributed by atoms with E-state index in [0.29, 0.717) is 16.8 Å². The molecule has 0 aromatic heterocycles. The fourth-order valence-corrected chi connectivity index (χ4v) is 4.27. The van der Waals surface area contributed by atoms with E-state index < -0.39 is 23.3 Å². The molecule has 0 fully saturated rings. The number of nitrogens with zero attached hydrogens (tertiary/aromatic N) is 2. The second-order valence-corrected chi connectivity index (χ2v) is 9.38. The van der Waals surface area contributed by atoms with E-state index in [1.54, 1.807) is 49.4 Å². The molecule has 37 heavy (non-hydrogen) atoms. The lowest BCUT2D eigenvalue weighted by Gasteiger charge is -2.28. The van der Waals surface area contributed by atoms with E-state index in [-0.39, 0.29) is 24.1 Å². The molecule has 0 saturated carbocycles. The molecule has 0 aliphatic carbocycles. The molecule has 1 amide bonds. The van der Waals surface area contributed by atoms with Crippen LogP contribution in [0, 0.1) is 5.92 Å². The first-order valence-electron chi connectivity index (χ1n) is 12.0. The molecule has 8 heteroatoms. The van der Waals surface area contributed by atoms with E-state index in [1.165, 1.54) is 24.4 Å². The second kappa shape index (κ2) is 10.3. The minimum absolute atomic E-state index is 0.00517. The van der Waals surface area contributed by atoms with Crippen LogP contribution in [0.2, 0.25) is 0 Å². The standard InChI is InChI=1S/C29H28F3N3O2/c1-18(2)34-27(37)21-13-11-20(12-14-21)22-7-6-8-23(15-22)28(33-16-26(35-28)19(3)17-36)24-9-4-5-10-25(24)29(30,31)32/h4-16,18-19,36H,17H2,1-3H3,(H,34,37). The summed E-state index contributed by atoms with van der Waals surface area (Å²) in [7, 11) is 0. The molecule has 0 saturated heterocycles. The van der Waals surface area contributed by atoms with Gasteiger partial charge in [-0.05, 0) is 49.2 Å². The lowest BCUT2D eigenvalue weighted by molar-refractivity contribution is -0.138. The topological polar surface area (TPSA) is 74.0 Å².